The van der Waals surface area contributed by atoms with Gasteiger partial charge in [-0.1, -0.05) is 25.6 Å². The summed E-state index contributed by atoms with van der Waals surface area (Å²) in [5, 5.41) is 9.47. The Kier molecular flexibility index (Phi) is 2.96. The van der Waals surface area contributed by atoms with Crippen molar-refractivity contribution in [3.05, 3.63) is 29.8 Å². The van der Waals surface area contributed by atoms with Crippen LogP contribution in [0.4, 0.5) is 0 Å². The molecule has 0 aliphatic rings. The third kappa shape index (κ3) is 1.66. The molecule has 0 radical (unpaired) electrons. The predicted octanol–water partition coefficient (Wildman–Crippen LogP) is 2.61. The molecule has 13 heavy (non-hydrogen) atoms. The van der Waals surface area contributed by atoms with Gasteiger partial charge in [0, 0.05) is 5.56 Å². The lowest BCUT2D eigenvalue weighted by atomic mass is 10.0. The van der Waals surface area contributed by atoms with Crippen LogP contribution in [0.15, 0.2) is 18.7 Å². The second-order valence-corrected chi connectivity index (χ2v) is 2.75. The van der Waals surface area contributed by atoms with Crippen LogP contribution in [0.3, 0.4) is 0 Å². The van der Waals surface area contributed by atoms with E-state index in [9.17, 15) is 5.11 Å². The highest BCUT2D eigenvalue weighted by Gasteiger charge is 2.09. The Morgan fingerprint density at radius 1 is 1.54 bits per heavy atom. The van der Waals surface area contributed by atoms with Gasteiger partial charge in [-0.3, -0.25) is 0 Å². The second kappa shape index (κ2) is 3.99. The van der Waals surface area contributed by atoms with E-state index in [1.165, 1.54) is 0 Å². The predicted molar refractivity (Wildman–Crippen MR) is 54.1 cm³/mol. The molecule has 1 aromatic carbocycles. The molecule has 0 aromatic heterocycles. The molecule has 0 fully saturated rings. The maximum atomic E-state index is 9.47. The molecule has 70 valence electrons. The normalized spacial score (nSPS) is 9.69. The van der Waals surface area contributed by atoms with Crippen molar-refractivity contribution < 1.29 is 9.84 Å². The summed E-state index contributed by atoms with van der Waals surface area (Å²) in [5.41, 5.74) is 2.01. The third-order valence-electron chi connectivity index (χ3n) is 2.05. The van der Waals surface area contributed by atoms with Gasteiger partial charge in [0.1, 0.15) is 0 Å². The fraction of sp³-hybridized carbons (Fsp3) is 0.273. The summed E-state index contributed by atoms with van der Waals surface area (Å²) in [4.78, 5) is 0. The van der Waals surface area contributed by atoms with Gasteiger partial charge in [-0.25, -0.2) is 0 Å². The minimum Gasteiger partial charge on any atom is -0.504 e. The monoisotopic (exact) mass is 178 g/mol. The lowest BCUT2D eigenvalue weighted by Crippen LogP contribution is -1.92. The van der Waals surface area contributed by atoms with Crippen molar-refractivity contribution in [3.8, 4) is 11.5 Å². The number of aryl methyl sites for hydroxylation is 1. The molecule has 1 N–H and O–H groups in total. The number of phenols is 1. The fourth-order valence-electron chi connectivity index (χ4n) is 1.38. The summed E-state index contributed by atoms with van der Waals surface area (Å²) in [6.45, 7) is 5.75. The van der Waals surface area contributed by atoms with Crippen LogP contribution in [-0.2, 0) is 6.42 Å². The molecule has 0 spiro atoms. The zero-order chi connectivity index (χ0) is 9.84. The third-order valence-corrected chi connectivity index (χ3v) is 2.05. The van der Waals surface area contributed by atoms with E-state index in [2.05, 4.69) is 13.5 Å². The molecule has 2 nitrogen and oxygen atoms in total. The average Bonchev–Trinajstić information content (AvgIpc) is 2.17. The summed E-state index contributed by atoms with van der Waals surface area (Å²) >= 11 is 0. The lowest BCUT2D eigenvalue weighted by molar-refractivity contribution is 0.372. The van der Waals surface area contributed by atoms with Crippen molar-refractivity contribution >= 4 is 6.08 Å². The first-order valence-corrected chi connectivity index (χ1v) is 4.25. The number of ether oxygens (including phenoxy) is 1. The van der Waals surface area contributed by atoms with Crippen LogP contribution in [0, 0.1) is 0 Å². The topological polar surface area (TPSA) is 29.5 Å². The molecule has 2 heteroatoms. The maximum Gasteiger partial charge on any atom is 0.167 e. The number of hydrogen-bond acceptors (Lipinski definition) is 2. The Morgan fingerprint density at radius 3 is 2.69 bits per heavy atom. The average molecular weight is 178 g/mol. The molecule has 0 saturated carbocycles. The Morgan fingerprint density at radius 2 is 2.23 bits per heavy atom. The van der Waals surface area contributed by atoms with Crippen molar-refractivity contribution in [3.63, 3.8) is 0 Å². The van der Waals surface area contributed by atoms with E-state index in [1.54, 1.807) is 19.3 Å². The molecule has 0 heterocycles. The molecule has 0 aliphatic heterocycles. The van der Waals surface area contributed by atoms with E-state index in [0.717, 1.165) is 17.5 Å². The Balaban J connectivity index is 3.36. The number of hydrogen-bond donors (Lipinski definition) is 1. The van der Waals surface area contributed by atoms with Crippen LogP contribution in [0.1, 0.15) is 18.1 Å². The highest BCUT2D eigenvalue weighted by Crippen LogP contribution is 2.33. The lowest BCUT2D eigenvalue weighted by Gasteiger charge is -2.10. The number of phenolic OH excluding ortho intramolecular Hbond substituents is 1. The molecule has 1 aromatic rings. The van der Waals surface area contributed by atoms with Crippen LogP contribution < -0.4 is 4.74 Å². The van der Waals surface area contributed by atoms with Gasteiger partial charge in [0.2, 0.25) is 0 Å². The van der Waals surface area contributed by atoms with E-state index in [4.69, 9.17) is 4.74 Å². The Bertz CT molecular complexity index is 316. The van der Waals surface area contributed by atoms with Crippen molar-refractivity contribution in [2.75, 3.05) is 7.11 Å². The van der Waals surface area contributed by atoms with Gasteiger partial charge >= 0.3 is 0 Å². The summed E-state index contributed by atoms with van der Waals surface area (Å²) < 4.78 is 5.09. The SMILES string of the molecule is C=Cc1c(CC)ccc(O)c1OC. The summed E-state index contributed by atoms with van der Waals surface area (Å²) in [5.74, 6) is 0.670. The fourth-order valence-corrected chi connectivity index (χ4v) is 1.38. The smallest absolute Gasteiger partial charge is 0.167 e. The first-order valence-electron chi connectivity index (χ1n) is 4.25. The molecule has 0 unspecified atom stereocenters. The number of benzene rings is 1. The molecular formula is C11H14O2. The van der Waals surface area contributed by atoms with Gasteiger partial charge in [0.25, 0.3) is 0 Å². The maximum absolute atomic E-state index is 9.47. The van der Waals surface area contributed by atoms with Crippen molar-refractivity contribution in [1.29, 1.82) is 0 Å². The summed E-state index contributed by atoms with van der Waals surface area (Å²) in [7, 11) is 1.54. The molecular weight excluding hydrogens is 164 g/mol. The zero-order valence-electron chi connectivity index (χ0n) is 8.00. The van der Waals surface area contributed by atoms with Gasteiger partial charge in [0.05, 0.1) is 7.11 Å². The number of rotatable bonds is 3. The van der Waals surface area contributed by atoms with E-state index in [-0.39, 0.29) is 5.75 Å². The first kappa shape index (κ1) is 9.65. The molecule has 0 saturated heterocycles. The van der Waals surface area contributed by atoms with Crippen LogP contribution >= 0.6 is 0 Å². The van der Waals surface area contributed by atoms with Crippen LogP contribution in [0.2, 0.25) is 0 Å². The van der Waals surface area contributed by atoms with Crippen molar-refractivity contribution in [2.24, 2.45) is 0 Å². The van der Waals surface area contributed by atoms with Gasteiger partial charge < -0.3 is 9.84 Å². The summed E-state index contributed by atoms with van der Waals surface area (Å²) in [6, 6.07) is 3.53. The van der Waals surface area contributed by atoms with E-state index >= 15 is 0 Å². The number of methoxy groups -OCH3 is 1. The van der Waals surface area contributed by atoms with Crippen LogP contribution in [0.25, 0.3) is 6.08 Å². The first-order chi connectivity index (χ1) is 6.24. The van der Waals surface area contributed by atoms with Crippen LogP contribution in [0.5, 0.6) is 11.5 Å². The Labute approximate surface area is 78.5 Å². The van der Waals surface area contributed by atoms with Gasteiger partial charge in [-0.15, -0.1) is 0 Å². The van der Waals surface area contributed by atoms with Gasteiger partial charge in [0.15, 0.2) is 11.5 Å². The second-order valence-electron chi connectivity index (χ2n) is 2.75. The van der Waals surface area contributed by atoms with Crippen LogP contribution in [-0.4, -0.2) is 12.2 Å². The van der Waals surface area contributed by atoms with E-state index in [1.807, 2.05) is 6.07 Å². The highest BCUT2D eigenvalue weighted by atomic mass is 16.5. The minimum absolute atomic E-state index is 0.162. The zero-order valence-corrected chi connectivity index (χ0v) is 8.00. The largest absolute Gasteiger partial charge is 0.504 e. The summed E-state index contributed by atoms with van der Waals surface area (Å²) in [6.07, 6.45) is 2.61. The molecule has 1 rings (SSSR count). The molecule has 0 aliphatic carbocycles. The molecule has 0 atom stereocenters. The Hall–Kier alpha value is -1.44. The molecule has 0 amide bonds. The van der Waals surface area contributed by atoms with Gasteiger partial charge in [-0.05, 0) is 18.1 Å². The quantitative estimate of drug-likeness (QED) is 0.770. The highest BCUT2D eigenvalue weighted by molar-refractivity contribution is 5.64. The van der Waals surface area contributed by atoms with Crippen molar-refractivity contribution in [1.82, 2.24) is 0 Å². The number of aromatic hydroxyl groups is 1. The minimum atomic E-state index is 0.162. The standard InChI is InChI=1S/C11H14O2/c1-4-8-6-7-10(12)11(13-3)9(8)5-2/h5-7,12H,2,4H2,1,3H3. The molecule has 0 bridgehead atoms. The van der Waals surface area contributed by atoms with E-state index < -0.39 is 0 Å². The van der Waals surface area contributed by atoms with Crippen molar-refractivity contribution in [2.45, 2.75) is 13.3 Å². The van der Waals surface area contributed by atoms with E-state index in [0.29, 0.717) is 5.75 Å². The van der Waals surface area contributed by atoms with Gasteiger partial charge in [-0.2, -0.15) is 0 Å².